The molecule has 1 aromatic carbocycles. The van der Waals surface area contributed by atoms with Crippen molar-refractivity contribution in [3.05, 3.63) is 66.9 Å². The highest BCUT2D eigenvalue weighted by Crippen LogP contribution is 2.28. The van der Waals surface area contributed by atoms with Gasteiger partial charge in [-0.3, -0.25) is 9.97 Å². The van der Waals surface area contributed by atoms with Crippen LogP contribution in [0, 0.1) is 0 Å². The Balaban J connectivity index is 1.71. The third-order valence-electron chi connectivity index (χ3n) is 4.27. The molecular formula is C20H18N4O2. The molecule has 0 saturated carbocycles. The molecule has 0 amide bonds. The molecule has 0 aliphatic heterocycles. The van der Waals surface area contributed by atoms with Crippen molar-refractivity contribution in [2.24, 2.45) is 0 Å². The number of rotatable bonds is 5. The number of ether oxygens (including phenoxy) is 2. The molecule has 0 N–H and O–H groups in total. The summed E-state index contributed by atoms with van der Waals surface area (Å²) >= 11 is 0. The van der Waals surface area contributed by atoms with Crippen molar-refractivity contribution < 1.29 is 9.47 Å². The lowest BCUT2D eigenvalue weighted by molar-refractivity contribution is 0.354. The Hall–Kier alpha value is -3.41. The summed E-state index contributed by atoms with van der Waals surface area (Å²) in [5, 5.41) is 0. The maximum atomic E-state index is 5.39. The standard InChI is InChI=1S/C20H18N4O2/c1-25-19-6-5-14(8-20(19)26-2)12-24-13-23-17-11-22-16(9-18(17)24)15-4-3-7-21-10-15/h3-11,13H,12H2,1-2H3. The molecule has 0 radical (unpaired) electrons. The Morgan fingerprint density at radius 3 is 2.62 bits per heavy atom. The van der Waals surface area contributed by atoms with Gasteiger partial charge in [0.25, 0.3) is 0 Å². The SMILES string of the molecule is COc1ccc(Cn2cnc3cnc(-c4cccnc4)cc32)cc1OC. The molecule has 0 spiro atoms. The van der Waals surface area contributed by atoms with Gasteiger partial charge in [-0.15, -0.1) is 0 Å². The van der Waals surface area contributed by atoms with Gasteiger partial charge in [-0.1, -0.05) is 6.07 Å². The van der Waals surface area contributed by atoms with Crippen LogP contribution in [0.4, 0.5) is 0 Å². The van der Waals surface area contributed by atoms with Gasteiger partial charge in [0.1, 0.15) is 5.52 Å². The third kappa shape index (κ3) is 2.97. The van der Waals surface area contributed by atoms with Gasteiger partial charge in [0.2, 0.25) is 0 Å². The molecule has 6 nitrogen and oxygen atoms in total. The molecule has 0 saturated heterocycles. The van der Waals surface area contributed by atoms with E-state index in [1.54, 1.807) is 26.6 Å². The molecule has 26 heavy (non-hydrogen) atoms. The second-order valence-corrected chi connectivity index (χ2v) is 5.86. The fraction of sp³-hybridized carbons (Fsp3) is 0.150. The predicted octanol–water partition coefficient (Wildman–Crippen LogP) is 3.56. The number of aromatic nitrogens is 4. The third-order valence-corrected chi connectivity index (χ3v) is 4.27. The van der Waals surface area contributed by atoms with Crippen LogP contribution < -0.4 is 9.47 Å². The Kier molecular flexibility index (Phi) is 4.23. The number of hydrogen-bond acceptors (Lipinski definition) is 5. The maximum absolute atomic E-state index is 5.39. The first kappa shape index (κ1) is 16.1. The molecule has 0 aliphatic carbocycles. The first-order valence-corrected chi connectivity index (χ1v) is 8.20. The van der Waals surface area contributed by atoms with Crippen LogP contribution in [0.2, 0.25) is 0 Å². The minimum absolute atomic E-state index is 0.674. The fourth-order valence-electron chi connectivity index (χ4n) is 2.93. The molecule has 130 valence electrons. The predicted molar refractivity (Wildman–Crippen MR) is 99.4 cm³/mol. The normalized spacial score (nSPS) is 10.8. The number of imidazole rings is 1. The molecule has 3 aromatic heterocycles. The van der Waals surface area contributed by atoms with Crippen molar-refractivity contribution in [1.29, 1.82) is 0 Å². The van der Waals surface area contributed by atoms with Crippen LogP contribution in [-0.4, -0.2) is 33.7 Å². The molecule has 0 aliphatic rings. The summed E-state index contributed by atoms with van der Waals surface area (Å²) in [5.74, 6) is 1.43. The van der Waals surface area contributed by atoms with E-state index >= 15 is 0 Å². The van der Waals surface area contributed by atoms with Gasteiger partial charge in [-0.05, 0) is 35.9 Å². The average molecular weight is 346 g/mol. The molecule has 4 aromatic rings. The van der Waals surface area contributed by atoms with Gasteiger partial charge in [0.15, 0.2) is 11.5 Å². The number of benzene rings is 1. The van der Waals surface area contributed by atoms with Crippen LogP contribution in [0.15, 0.2) is 61.3 Å². The highest BCUT2D eigenvalue weighted by Gasteiger charge is 2.09. The second-order valence-electron chi connectivity index (χ2n) is 5.86. The maximum Gasteiger partial charge on any atom is 0.161 e. The van der Waals surface area contributed by atoms with Gasteiger partial charge in [0.05, 0.1) is 38.0 Å². The highest BCUT2D eigenvalue weighted by molar-refractivity contribution is 5.79. The molecular weight excluding hydrogens is 328 g/mol. The van der Waals surface area contributed by atoms with Gasteiger partial charge >= 0.3 is 0 Å². The molecule has 3 heterocycles. The molecule has 0 unspecified atom stereocenters. The van der Waals surface area contributed by atoms with Crippen LogP contribution in [0.5, 0.6) is 11.5 Å². The number of methoxy groups -OCH3 is 2. The zero-order chi connectivity index (χ0) is 17.9. The molecule has 0 bridgehead atoms. The highest BCUT2D eigenvalue weighted by atomic mass is 16.5. The smallest absolute Gasteiger partial charge is 0.161 e. The van der Waals surface area contributed by atoms with Crippen molar-refractivity contribution in [3.8, 4) is 22.8 Å². The zero-order valence-corrected chi connectivity index (χ0v) is 14.6. The minimum Gasteiger partial charge on any atom is -0.493 e. The van der Waals surface area contributed by atoms with Gasteiger partial charge in [-0.25, -0.2) is 4.98 Å². The summed E-state index contributed by atoms with van der Waals surface area (Å²) in [4.78, 5) is 13.1. The minimum atomic E-state index is 0.674. The Labute approximate surface area is 151 Å². The van der Waals surface area contributed by atoms with E-state index in [1.807, 2.05) is 48.9 Å². The van der Waals surface area contributed by atoms with Crippen molar-refractivity contribution in [2.45, 2.75) is 6.54 Å². The number of hydrogen-bond donors (Lipinski definition) is 0. The second kappa shape index (κ2) is 6.84. The topological polar surface area (TPSA) is 62.1 Å². The Morgan fingerprint density at radius 1 is 0.962 bits per heavy atom. The number of fused-ring (bicyclic) bond motifs is 1. The van der Waals surface area contributed by atoms with Gasteiger partial charge < -0.3 is 14.0 Å². The Bertz CT molecular complexity index is 1040. The lowest BCUT2D eigenvalue weighted by Gasteiger charge is -2.10. The van der Waals surface area contributed by atoms with E-state index in [9.17, 15) is 0 Å². The summed E-state index contributed by atoms with van der Waals surface area (Å²) in [7, 11) is 3.27. The first-order chi connectivity index (χ1) is 12.8. The van der Waals surface area contributed by atoms with E-state index in [-0.39, 0.29) is 0 Å². The molecule has 4 rings (SSSR count). The summed E-state index contributed by atoms with van der Waals surface area (Å²) in [5.41, 5.74) is 4.83. The van der Waals surface area contributed by atoms with Crippen molar-refractivity contribution in [1.82, 2.24) is 19.5 Å². The quantitative estimate of drug-likeness (QED) is 0.553. The zero-order valence-electron chi connectivity index (χ0n) is 14.6. The molecule has 0 fully saturated rings. The lowest BCUT2D eigenvalue weighted by Crippen LogP contribution is -2.00. The van der Waals surface area contributed by atoms with Crippen molar-refractivity contribution in [2.75, 3.05) is 14.2 Å². The summed E-state index contributed by atoms with van der Waals surface area (Å²) in [6, 6.07) is 11.9. The summed E-state index contributed by atoms with van der Waals surface area (Å²) in [6.07, 6.45) is 7.19. The fourth-order valence-corrected chi connectivity index (χ4v) is 2.93. The van der Waals surface area contributed by atoms with Crippen LogP contribution in [-0.2, 0) is 6.54 Å². The van der Waals surface area contributed by atoms with E-state index in [4.69, 9.17) is 9.47 Å². The van der Waals surface area contributed by atoms with Gasteiger partial charge in [-0.2, -0.15) is 0 Å². The van der Waals surface area contributed by atoms with Crippen molar-refractivity contribution >= 4 is 11.0 Å². The number of pyridine rings is 2. The van der Waals surface area contributed by atoms with Crippen LogP contribution in [0.1, 0.15) is 5.56 Å². The number of nitrogens with zero attached hydrogens (tertiary/aromatic N) is 4. The van der Waals surface area contributed by atoms with E-state index in [0.717, 1.165) is 33.6 Å². The van der Waals surface area contributed by atoms with Crippen molar-refractivity contribution in [3.63, 3.8) is 0 Å². The largest absolute Gasteiger partial charge is 0.493 e. The van der Waals surface area contributed by atoms with E-state index in [1.165, 1.54) is 0 Å². The van der Waals surface area contributed by atoms with E-state index in [0.29, 0.717) is 12.3 Å². The van der Waals surface area contributed by atoms with E-state index < -0.39 is 0 Å². The molecule has 6 heteroatoms. The lowest BCUT2D eigenvalue weighted by atomic mass is 10.1. The van der Waals surface area contributed by atoms with Crippen LogP contribution in [0.25, 0.3) is 22.3 Å². The molecule has 0 atom stereocenters. The summed E-state index contributed by atoms with van der Waals surface area (Å²) in [6.45, 7) is 0.674. The van der Waals surface area contributed by atoms with Crippen LogP contribution >= 0.6 is 0 Å². The first-order valence-electron chi connectivity index (χ1n) is 8.20. The van der Waals surface area contributed by atoms with Crippen LogP contribution in [0.3, 0.4) is 0 Å². The summed E-state index contributed by atoms with van der Waals surface area (Å²) < 4.78 is 12.8. The van der Waals surface area contributed by atoms with E-state index in [2.05, 4.69) is 19.5 Å². The average Bonchev–Trinajstić information content (AvgIpc) is 3.10. The van der Waals surface area contributed by atoms with Gasteiger partial charge in [0, 0.05) is 24.5 Å². The Morgan fingerprint density at radius 2 is 1.85 bits per heavy atom. The monoisotopic (exact) mass is 346 g/mol.